The molecule has 0 spiro atoms. The van der Waals surface area contributed by atoms with E-state index in [1.54, 1.807) is 4.68 Å². The Morgan fingerprint density at radius 3 is 2.56 bits per heavy atom. The molecule has 8 heteroatoms. The Kier molecular flexibility index (Phi) is 6.49. The lowest BCUT2D eigenvalue weighted by Crippen LogP contribution is -2.29. The van der Waals surface area contributed by atoms with Crippen LogP contribution in [0.25, 0.3) is 0 Å². The van der Waals surface area contributed by atoms with Crippen molar-refractivity contribution in [3.05, 3.63) is 76.5 Å². The molecular formula is C24H27N5O3. The summed E-state index contributed by atoms with van der Waals surface area (Å²) in [6.07, 6.45) is 1.77. The average Bonchev–Trinajstić information content (AvgIpc) is 3.26. The van der Waals surface area contributed by atoms with E-state index in [1.165, 1.54) is 5.56 Å². The number of carbonyl (C=O) groups excluding carboxylic acids is 1. The zero-order valence-electron chi connectivity index (χ0n) is 18.5. The van der Waals surface area contributed by atoms with E-state index >= 15 is 0 Å². The number of fused-ring (bicyclic) bond motifs is 1. The van der Waals surface area contributed by atoms with Gasteiger partial charge in [-0.05, 0) is 54.0 Å². The lowest BCUT2D eigenvalue weighted by Gasteiger charge is -2.27. The minimum Gasteiger partial charge on any atom is -0.489 e. The number of aryl methyl sites for hydroxylation is 1. The minimum absolute atomic E-state index is 0.366. The first-order valence-electron chi connectivity index (χ1n) is 10.8. The van der Waals surface area contributed by atoms with Crippen molar-refractivity contribution in [3.63, 3.8) is 0 Å². The second-order valence-corrected chi connectivity index (χ2v) is 7.85. The predicted molar refractivity (Wildman–Crippen MR) is 120 cm³/mol. The Labute approximate surface area is 187 Å². The van der Waals surface area contributed by atoms with E-state index in [-0.39, 0.29) is 5.97 Å². The van der Waals surface area contributed by atoms with Gasteiger partial charge in [0, 0.05) is 5.70 Å². The third kappa shape index (κ3) is 4.64. The number of benzene rings is 2. The lowest BCUT2D eigenvalue weighted by molar-refractivity contribution is -0.139. The monoisotopic (exact) mass is 433 g/mol. The number of allylic oxidation sites excluding steroid dienone is 1. The maximum Gasteiger partial charge on any atom is 0.338 e. The largest absolute Gasteiger partial charge is 0.489 e. The van der Waals surface area contributed by atoms with Crippen molar-refractivity contribution in [2.24, 2.45) is 0 Å². The van der Waals surface area contributed by atoms with E-state index in [0.717, 1.165) is 29.7 Å². The van der Waals surface area contributed by atoms with E-state index in [9.17, 15) is 4.79 Å². The smallest absolute Gasteiger partial charge is 0.338 e. The summed E-state index contributed by atoms with van der Waals surface area (Å²) < 4.78 is 13.0. The van der Waals surface area contributed by atoms with Gasteiger partial charge in [0.1, 0.15) is 18.4 Å². The molecule has 0 saturated carbocycles. The molecular weight excluding hydrogens is 406 g/mol. The molecule has 4 rings (SSSR count). The molecule has 32 heavy (non-hydrogen) atoms. The molecule has 1 unspecified atom stereocenters. The number of aromatic nitrogens is 4. The molecule has 166 valence electrons. The minimum atomic E-state index is -0.485. The van der Waals surface area contributed by atoms with Crippen molar-refractivity contribution in [2.45, 2.75) is 46.3 Å². The van der Waals surface area contributed by atoms with Crippen molar-refractivity contribution in [1.29, 1.82) is 0 Å². The van der Waals surface area contributed by atoms with E-state index in [1.807, 2.05) is 31.2 Å². The fourth-order valence-electron chi connectivity index (χ4n) is 3.57. The first kappa shape index (κ1) is 21.5. The van der Waals surface area contributed by atoms with Crippen molar-refractivity contribution in [2.75, 3.05) is 11.9 Å². The fraction of sp³-hybridized carbons (Fsp3) is 0.333. The molecule has 0 saturated heterocycles. The summed E-state index contributed by atoms with van der Waals surface area (Å²) in [6, 6.07) is 15.4. The number of esters is 1. The highest BCUT2D eigenvalue weighted by atomic mass is 16.5. The van der Waals surface area contributed by atoms with Gasteiger partial charge in [-0.25, -0.2) is 4.79 Å². The summed E-state index contributed by atoms with van der Waals surface area (Å²) in [7, 11) is 0. The van der Waals surface area contributed by atoms with Gasteiger partial charge in [-0.2, -0.15) is 4.68 Å². The van der Waals surface area contributed by atoms with Gasteiger partial charge in [0.2, 0.25) is 5.95 Å². The summed E-state index contributed by atoms with van der Waals surface area (Å²) in [5.74, 6) is 0.861. The average molecular weight is 434 g/mol. The van der Waals surface area contributed by atoms with Gasteiger partial charge in [0.25, 0.3) is 0 Å². The number of unbranched alkanes of at least 4 members (excludes halogenated alkanes) is 1. The molecule has 1 aromatic heterocycles. The van der Waals surface area contributed by atoms with Crippen molar-refractivity contribution in [3.8, 4) is 5.75 Å². The van der Waals surface area contributed by atoms with Gasteiger partial charge in [-0.15, -0.1) is 0 Å². The molecule has 0 bridgehead atoms. The quantitative estimate of drug-likeness (QED) is 0.421. The number of carbonyl (C=O) groups is 1. The van der Waals surface area contributed by atoms with Gasteiger partial charge in [0.05, 0.1) is 12.2 Å². The summed E-state index contributed by atoms with van der Waals surface area (Å²) in [6.45, 7) is 6.81. The van der Waals surface area contributed by atoms with Crippen LogP contribution in [0.1, 0.15) is 49.4 Å². The number of anilines is 1. The number of hydrogen-bond acceptors (Lipinski definition) is 7. The highest BCUT2D eigenvalue weighted by molar-refractivity contribution is 5.92. The topological polar surface area (TPSA) is 91.2 Å². The highest BCUT2D eigenvalue weighted by Crippen LogP contribution is 2.35. The molecule has 0 radical (unpaired) electrons. The van der Waals surface area contributed by atoms with E-state index < -0.39 is 6.04 Å². The number of tetrazole rings is 1. The fourth-order valence-corrected chi connectivity index (χ4v) is 3.57. The third-order valence-corrected chi connectivity index (χ3v) is 5.39. The summed E-state index contributed by atoms with van der Waals surface area (Å²) >= 11 is 0. The Morgan fingerprint density at radius 2 is 1.84 bits per heavy atom. The molecule has 0 fully saturated rings. The Balaban J connectivity index is 1.55. The van der Waals surface area contributed by atoms with Crippen LogP contribution >= 0.6 is 0 Å². The Hall–Kier alpha value is -3.68. The standard InChI is InChI=1S/C24H27N5O3/c1-4-5-14-31-23(30)21-17(3)25-24-26-27-28-29(24)22(21)19-10-12-20(13-11-19)32-15-18-8-6-16(2)7-9-18/h6-13,22H,4-5,14-15H2,1-3H3,(H,25,26,28). The first-order valence-corrected chi connectivity index (χ1v) is 10.8. The van der Waals surface area contributed by atoms with Gasteiger partial charge in [-0.1, -0.05) is 60.4 Å². The van der Waals surface area contributed by atoms with E-state index in [2.05, 4.69) is 59.0 Å². The normalized spacial score (nSPS) is 15.2. The van der Waals surface area contributed by atoms with Crippen LogP contribution in [0.5, 0.6) is 5.75 Å². The molecule has 2 aromatic carbocycles. The lowest BCUT2D eigenvalue weighted by atomic mass is 9.96. The van der Waals surface area contributed by atoms with Gasteiger partial charge >= 0.3 is 5.97 Å². The molecule has 1 N–H and O–H groups in total. The maximum absolute atomic E-state index is 12.9. The van der Waals surface area contributed by atoms with E-state index in [4.69, 9.17) is 9.47 Å². The second-order valence-electron chi connectivity index (χ2n) is 7.85. The zero-order chi connectivity index (χ0) is 22.5. The SMILES string of the molecule is CCCCOC(=O)C1=C(C)Nc2nnnn2C1c1ccc(OCc2ccc(C)cc2)cc1. The number of ether oxygens (including phenoxy) is 2. The van der Waals surface area contributed by atoms with Crippen LogP contribution in [0.3, 0.4) is 0 Å². The van der Waals surface area contributed by atoms with Crippen LogP contribution in [0.15, 0.2) is 59.8 Å². The van der Waals surface area contributed by atoms with Crippen LogP contribution < -0.4 is 10.1 Å². The second kappa shape index (κ2) is 9.64. The van der Waals surface area contributed by atoms with Crippen LogP contribution in [0, 0.1) is 6.92 Å². The molecule has 1 atom stereocenters. The Morgan fingerprint density at radius 1 is 1.09 bits per heavy atom. The summed E-state index contributed by atoms with van der Waals surface area (Å²) in [5, 5.41) is 15.0. The van der Waals surface area contributed by atoms with Crippen LogP contribution in [-0.4, -0.2) is 32.8 Å². The van der Waals surface area contributed by atoms with Gasteiger partial charge in [-0.3, -0.25) is 0 Å². The predicted octanol–water partition coefficient (Wildman–Crippen LogP) is 4.19. The highest BCUT2D eigenvalue weighted by Gasteiger charge is 2.34. The molecule has 1 aliphatic rings. The van der Waals surface area contributed by atoms with Crippen molar-refractivity contribution in [1.82, 2.24) is 20.2 Å². The van der Waals surface area contributed by atoms with Crippen molar-refractivity contribution >= 4 is 11.9 Å². The zero-order valence-corrected chi connectivity index (χ0v) is 18.5. The number of hydrogen-bond donors (Lipinski definition) is 1. The summed E-state index contributed by atoms with van der Waals surface area (Å²) in [4.78, 5) is 12.9. The first-order chi connectivity index (χ1) is 15.6. The van der Waals surface area contributed by atoms with E-state index in [0.29, 0.717) is 30.4 Å². The number of nitrogens with one attached hydrogen (secondary N) is 1. The molecule has 1 aliphatic heterocycles. The Bertz CT molecular complexity index is 1100. The molecule has 0 aliphatic carbocycles. The van der Waals surface area contributed by atoms with Crippen LogP contribution in [-0.2, 0) is 16.1 Å². The number of rotatable bonds is 8. The van der Waals surface area contributed by atoms with Crippen LogP contribution in [0.4, 0.5) is 5.95 Å². The molecule has 8 nitrogen and oxygen atoms in total. The molecule has 0 amide bonds. The molecule has 3 aromatic rings. The van der Waals surface area contributed by atoms with Crippen molar-refractivity contribution < 1.29 is 14.3 Å². The maximum atomic E-state index is 12.9. The van der Waals surface area contributed by atoms with Gasteiger partial charge in [0.15, 0.2) is 0 Å². The van der Waals surface area contributed by atoms with Crippen LogP contribution in [0.2, 0.25) is 0 Å². The molecule has 2 heterocycles. The third-order valence-electron chi connectivity index (χ3n) is 5.39. The summed E-state index contributed by atoms with van der Waals surface area (Å²) in [5.41, 5.74) is 4.36. The van der Waals surface area contributed by atoms with Gasteiger partial charge < -0.3 is 14.8 Å². The number of nitrogens with zero attached hydrogens (tertiary/aromatic N) is 4.